The Morgan fingerprint density at radius 3 is 2.68 bits per heavy atom. The molecule has 0 aliphatic heterocycles. The van der Waals surface area contributed by atoms with Crippen LogP contribution in [0.3, 0.4) is 0 Å². The summed E-state index contributed by atoms with van der Waals surface area (Å²) in [6.07, 6.45) is 3.97. The van der Waals surface area contributed by atoms with E-state index in [1.165, 1.54) is 31.4 Å². The molecule has 5 rings (SSSR count). The molecule has 1 unspecified atom stereocenters. The Hall–Kier alpha value is -1.69. The van der Waals surface area contributed by atoms with Crippen molar-refractivity contribution in [1.29, 1.82) is 0 Å². The number of aromatic amines is 2. The van der Waals surface area contributed by atoms with E-state index in [9.17, 15) is 9.18 Å². The van der Waals surface area contributed by atoms with Crippen molar-refractivity contribution in [2.75, 3.05) is 0 Å². The third kappa shape index (κ3) is 1.67. The molecule has 1 heterocycles. The van der Waals surface area contributed by atoms with E-state index in [1.54, 1.807) is 0 Å². The minimum atomic E-state index is -0.432. The van der Waals surface area contributed by atoms with Gasteiger partial charge >= 0.3 is 0 Å². The molecule has 1 aromatic heterocycles. The number of H-pyrrole nitrogens is 2. The van der Waals surface area contributed by atoms with Crippen molar-refractivity contribution in [2.45, 2.75) is 25.3 Å². The summed E-state index contributed by atoms with van der Waals surface area (Å²) in [6.45, 7) is 0. The van der Waals surface area contributed by atoms with Gasteiger partial charge in [0.15, 0.2) is 4.77 Å². The van der Waals surface area contributed by atoms with Crippen LogP contribution in [0.2, 0.25) is 0 Å². The van der Waals surface area contributed by atoms with Gasteiger partial charge in [-0.25, -0.2) is 4.39 Å². The maximum absolute atomic E-state index is 13.7. The molecule has 22 heavy (non-hydrogen) atoms. The smallest absolute Gasteiger partial charge is 0.253 e. The van der Waals surface area contributed by atoms with Gasteiger partial charge in [-0.3, -0.25) is 4.79 Å². The standard InChI is InChI=1S/C16H16FN3OS/c17-8-4-9(13-10(5-8)18-16(22)20-13)15(21)19-14-11-6-1-2-7(3-6)12(11)14/h4-7,11-12,14H,1-3H2,(H,19,21)(H2,18,20,22)/t6-,7-,11-,12+,14?/m0/s1. The van der Waals surface area contributed by atoms with E-state index in [0.717, 1.165) is 11.8 Å². The second-order valence-electron chi connectivity index (χ2n) is 6.94. The van der Waals surface area contributed by atoms with Gasteiger partial charge in [-0.2, -0.15) is 0 Å². The van der Waals surface area contributed by atoms with Gasteiger partial charge in [0.25, 0.3) is 5.91 Å². The molecule has 5 atom stereocenters. The lowest BCUT2D eigenvalue weighted by molar-refractivity contribution is 0.0945. The van der Waals surface area contributed by atoms with E-state index < -0.39 is 5.82 Å². The quantitative estimate of drug-likeness (QED) is 0.745. The van der Waals surface area contributed by atoms with Gasteiger partial charge in [-0.05, 0) is 67.3 Å². The molecule has 3 fully saturated rings. The molecule has 0 spiro atoms. The number of halogens is 1. The predicted molar refractivity (Wildman–Crippen MR) is 82.5 cm³/mol. The molecular formula is C16H16FN3OS. The highest BCUT2D eigenvalue weighted by Gasteiger charge is 2.65. The summed E-state index contributed by atoms with van der Waals surface area (Å²) in [5, 5.41) is 3.13. The molecule has 4 nitrogen and oxygen atoms in total. The van der Waals surface area contributed by atoms with E-state index in [0.29, 0.717) is 39.2 Å². The van der Waals surface area contributed by atoms with Gasteiger partial charge in [-0.15, -0.1) is 0 Å². The van der Waals surface area contributed by atoms with Gasteiger partial charge in [0, 0.05) is 6.04 Å². The monoisotopic (exact) mass is 317 g/mol. The highest BCUT2D eigenvalue weighted by Crippen LogP contribution is 2.65. The van der Waals surface area contributed by atoms with Crippen LogP contribution in [-0.4, -0.2) is 21.9 Å². The molecule has 3 N–H and O–H groups in total. The Labute approximate surface area is 131 Å². The number of imidazole rings is 1. The lowest BCUT2D eigenvalue weighted by Gasteiger charge is -2.11. The zero-order chi connectivity index (χ0) is 15.0. The molecular weight excluding hydrogens is 301 g/mol. The summed E-state index contributed by atoms with van der Waals surface area (Å²) < 4.78 is 14.1. The first-order chi connectivity index (χ1) is 10.6. The molecule has 3 saturated carbocycles. The zero-order valence-corrected chi connectivity index (χ0v) is 12.7. The van der Waals surface area contributed by atoms with Crippen molar-refractivity contribution in [2.24, 2.45) is 23.7 Å². The first kappa shape index (κ1) is 12.8. The van der Waals surface area contributed by atoms with Gasteiger partial charge in [0.2, 0.25) is 0 Å². The molecule has 3 aliphatic carbocycles. The molecule has 3 aliphatic rings. The number of aromatic nitrogens is 2. The summed E-state index contributed by atoms with van der Waals surface area (Å²) in [7, 11) is 0. The number of carbonyl (C=O) groups excluding carboxylic acids is 1. The Morgan fingerprint density at radius 2 is 1.95 bits per heavy atom. The van der Waals surface area contributed by atoms with E-state index in [4.69, 9.17) is 12.2 Å². The van der Waals surface area contributed by atoms with E-state index in [1.807, 2.05) is 0 Å². The molecule has 1 aromatic carbocycles. The second kappa shape index (κ2) is 4.19. The Bertz CT molecular complexity index is 841. The van der Waals surface area contributed by atoms with Crippen LogP contribution in [0.15, 0.2) is 12.1 Å². The van der Waals surface area contributed by atoms with Crippen LogP contribution in [0, 0.1) is 34.3 Å². The van der Waals surface area contributed by atoms with E-state index in [-0.39, 0.29) is 5.91 Å². The van der Waals surface area contributed by atoms with Gasteiger partial charge in [0.05, 0.1) is 16.6 Å². The highest BCUT2D eigenvalue weighted by molar-refractivity contribution is 7.71. The molecule has 2 aromatic rings. The second-order valence-corrected chi connectivity index (χ2v) is 7.35. The van der Waals surface area contributed by atoms with Crippen LogP contribution >= 0.6 is 12.2 Å². The number of carbonyl (C=O) groups is 1. The molecule has 0 radical (unpaired) electrons. The Balaban J connectivity index is 1.45. The fourth-order valence-electron chi connectivity index (χ4n) is 5.03. The molecule has 2 bridgehead atoms. The van der Waals surface area contributed by atoms with Crippen molar-refractivity contribution in [3.63, 3.8) is 0 Å². The lowest BCUT2D eigenvalue weighted by Crippen LogP contribution is -2.30. The van der Waals surface area contributed by atoms with E-state index >= 15 is 0 Å². The van der Waals surface area contributed by atoms with Crippen LogP contribution in [-0.2, 0) is 0 Å². The van der Waals surface area contributed by atoms with Crippen LogP contribution in [0.1, 0.15) is 29.6 Å². The predicted octanol–water partition coefficient (Wildman–Crippen LogP) is 3.14. The fourth-order valence-corrected chi connectivity index (χ4v) is 5.25. The third-order valence-electron chi connectivity index (χ3n) is 5.87. The minimum Gasteiger partial charge on any atom is -0.349 e. The number of benzene rings is 1. The lowest BCUT2D eigenvalue weighted by atomic mass is 10.0. The number of fused-ring (bicyclic) bond motifs is 6. The molecule has 0 saturated heterocycles. The average Bonchev–Trinajstić information content (AvgIpc) is 2.83. The van der Waals surface area contributed by atoms with Crippen molar-refractivity contribution < 1.29 is 9.18 Å². The maximum atomic E-state index is 13.7. The van der Waals surface area contributed by atoms with Gasteiger partial charge in [-0.1, -0.05) is 0 Å². The topological polar surface area (TPSA) is 60.7 Å². The van der Waals surface area contributed by atoms with Crippen LogP contribution < -0.4 is 5.32 Å². The van der Waals surface area contributed by atoms with Crippen molar-refractivity contribution in [3.8, 4) is 0 Å². The molecule has 1 amide bonds. The van der Waals surface area contributed by atoms with Crippen molar-refractivity contribution in [3.05, 3.63) is 28.3 Å². The normalized spacial score (nSPS) is 34.9. The Kier molecular flexibility index (Phi) is 2.44. The number of hydrogen-bond donors (Lipinski definition) is 3. The summed E-state index contributed by atoms with van der Waals surface area (Å²) in [4.78, 5) is 18.4. The SMILES string of the molecule is O=C(NC1[C@@H]2[C@H]3CC[C@@H](C3)[C@H]12)c1cc(F)cc2[nH]c(=S)[nH]c12. The summed E-state index contributed by atoms with van der Waals surface area (Å²) in [5.41, 5.74) is 1.45. The Morgan fingerprint density at radius 1 is 1.23 bits per heavy atom. The molecule has 114 valence electrons. The van der Waals surface area contributed by atoms with Crippen LogP contribution in [0.4, 0.5) is 4.39 Å². The van der Waals surface area contributed by atoms with Crippen LogP contribution in [0.25, 0.3) is 11.0 Å². The first-order valence-corrected chi connectivity index (χ1v) is 8.25. The first-order valence-electron chi connectivity index (χ1n) is 7.84. The fraction of sp³-hybridized carbons (Fsp3) is 0.500. The number of rotatable bonds is 2. The van der Waals surface area contributed by atoms with Crippen LogP contribution in [0.5, 0.6) is 0 Å². The number of amides is 1. The highest BCUT2D eigenvalue weighted by atomic mass is 32.1. The largest absolute Gasteiger partial charge is 0.349 e. The minimum absolute atomic E-state index is 0.200. The van der Waals surface area contributed by atoms with Gasteiger partial charge < -0.3 is 15.3 Å². The van der Waals surface area contributed by atoms with Gasteiger partial charge in [0.1, 0.15) is 5.82 Å². The third-order valence-corrected chi connectivity index (χ3v) is 6.07. The number of nitrogens with one attached hydrogen (secondary N) is 3. The van der Waals surface area contributed by atoms with Crippen molar-refractivity contribution >= 4 is 29.2 Å². The van der Waals surface area contributed by atoms with Crippen molar-refractivity contribution in [1.82, 2.24) is 15.3 Å². The summed E-state index contributed by atoms with van der Waals surface area (Å²) in [6, 6.07) is 2.92. The zero-order valence-electron chi connectivity index (χ0n) is 11.9. The summed E-state index contributed by atoms with van der Waals surface area (Å²) in [5.74, 6) is 2.29. The summed E-state index contributed by atoms with van der Waals surface area (Å²) >= 11 is 5.04. The number of hydrogen-bond acceptors (Lipinski definition) is 2. The van der Waals surface area contributed by atoms with E-state index in [2.05, 4.69) is 15.3 Å². The maximum Gasteiger partial charge on any atom is 0.253 e. The molecule has 6 heteroatoms. The average molecular weight is 317 g/mol.